The summed E-state index contributed by atoms with van der Waals surface area (Å²) in [7, 11) is 0. The second kappa shape index (κ2) is 5.22. The van der Waals surface area contributed by atoms with E-state index in [9.17, 15) is 0 Å². The number of hydrogen-bond donors (Lipinski definition) is 0. The van der Waals surface area contributed by atoms with E-state index < -0.39 is 0 Å². The van der Waals surface area contributed by atoms with Crippen molar-refractivity contribution >= 4 is 34.3 Å². The molecule has 0 aliphatic rings. The van der Waals surface area contributed by atoms with Gasteiger partial charge in [-0.1, -0.05) is 36.4 Å². The van der Waals surface area contributed by atoms with Crippen molar-refractivity contribution in [2.75, 3.05) is 0 Å². The van der Waals surface area contributed by atoms with Crippen molar-refractivity contribution in [1.29, 1.82) is 0 Å². The van der Waals surface area contributed by atoms with Gasteiger partial charge >= 0.3 is 0 Å². The lowest BCUT2D eigenvalue weighted by Crippen LogP contribution is -1.81. The lowest BCUT2D eigenvalue weighted by molar-refractivity contribution is 1.36. The summed E-state index contributed by atoms with van der Waals surface area (Å²) in [5.41, 5.74) is 2.14. The minimum Gasteiger partial charge on any atom is -0.235 e. The quantitative estimate of drug-likeness (QED) is 0.599. The SMILES string of the molecule is ClCc1sc(-c2cccs2)nc1-c1ccccc1. The highest BCUT2D eigenvalue weighted by Crippen LogP contribution is 2.36. The lowest BCUT2D eigenvalue weighted by Gasteiger charge is -1.97. The average molecular weight is 292 g/mol. The Balaban J connectivity index is 2.10. The van der Waals surface area contributed by atoms with Crippen LogP contribution in [0.15, 0.2) is 47.8 Å². The molecule has 2 aromatic heterocycles. The van der Waals surface area contributed by atoms with E-state index in [2.05, 4.69) is 23.6 Å². The summed E-state index contributed by atoms with van der Waals surface area (Å²) in [6.07, 6.45) is 0. The van der Waals surface area contributed by atoms with Crippen LogP contribution < -0.4 is 0 Å². The van der Waals surface area contributed by atoms with Crippen molar-refractivity contribution in [2.24, 2.45) is 0 Å². The standard InChI is InChI=1S/C14H10ClNS2/c15-9-12-13(10-5-2-1-3-6-10)16-14(18-12)11-7-4-8-17-11/h1-8H,9H2. The molecule has 1 nitrogen and oxygen atoms in total. The third-order valence-corrected chi connectivity index (χ3v) is 5.12. The van der Waals surface area contributed by atoms with Gasteiger partial charge in [0, 0.05) is 10.4 Å². The summed E-state index contributed by atoms with van der Waals surface area (Å²) in [4.78, 5) is 7.07. The summed E-state index contributed by atoms with van der Waals surface area (Å²) in [6, 6.07) is 14.3. The fraction of sp³-hybridized carbons (Fsp3) is 0.0714. The molecular formula is C14H10ClNS2. The van der Waals surface area contributed by atoms with Crippen LogP contribution in [0, 0.1) is 0 Å². The Labute approximate surface area is 119 Å². The van der Waals surface area contributed by atoms with Crippen LogP contribution in [0.25, 0.3) is 21.1 Å². The summed E-state index contributed by atoms with van der Waals surface area (Å²) in [6.45, 7) is 0. The average Bonchev–Trinajstić information content (AvgIpc) is 3.08. The van der Waals surface area contributed by atoms with Gasteiger partial charge in [-0.2, -0.15) is 0 Å². The Morgan fingerprint density at radius 1 is 1.06 bits per heavy atom. The van der Waals surface area contributed by atoms with Crippen molar-refractivity contribution in [2.45, 2.75) is 5.88 Å². The fourth-order valence-corrected chi connectivity index (χ4v) is 3.79. The molecule has 3 rings (SSSR count). The summed E-state index contributed by atoms with van der Waals surface area (Å²) >= 11 is 9.42. The number of hydrogen-bond acceptors (Lipinski definition) is 3. The van der Waals surface area contributed by atoms with Crippen molar-refractivity contribution in [1.82, 2.24) is 4.98 Å². The third-order valence-electron chi connectivity index (χ3n) is 2.60. The first-order valence-electron chi connectivity index (χ1n) is 5.53. The van der Waals surface area contributed by atoms with E-state index in [0.717, 1.165) is 21.1 Å². The molecule has 0 bridgehead atoms. The molecule has 18 heavy (non-hydrogen) atoms. The maximum absolute atomic E-state index is 6.03. The van der Waals surface area contributed by atoms with Gasteiger partial charge in [-0.05, 0) is 11.4 Å². The van der Waals surface area contributed by atoms with Crippen molar-refractivity contribution in [3.05, 3.63) is 52.7 Å². The Morgan fingerprint density at radius 3 is 2.56 bits per heavy atom. The Bertz CT molecular complexity index is 629. The molecule has 90 valence electrons. The maximum atomic E-state index is 6.03. The van der Waals surface area contributed by atoms with Crippen molar-refractivity contribution < 1.29 is 0 Å². The second-order valence-corrected chi connectivity index (χ2v) is 6.07. The van der Waals surface area contributed by atoms with Crippen LogP contribution in [-0.2, 0) is 5.88 Å². The largest absolute Gasteiger partial charge is 0.235 e. The highest BCUT2D eigenvalue weighted by molar-refractivity contribution is 7.21. The molecule has 0 atom stereocenters. The van der Waals surface area contributed by atoms with Crippen LogP contribution in [0.4, 0.5) is 0 Å². The molecule has 0 saturated carbocycles. The van der Waals surface area contributed by atoms with E-state index in [1.807, 2.05) is 24.3 Å². The van der Waals surface area contributed by atoms with Gasteiger partial charge in [-0.25, -0.2) is 4.98 Å². The summed E-state index contributed by atoms with van der Waals surface area (Å²) < 4.78 is 0. The highest BCUT2D eigenvalue weighted by atomic mass is 35.5. The molecule has 0 radical (unpaired) electrons. The lowest BCUT2D eigenvalue weighted by atomic mass is 10.1. The Kier molecular flexibility index (Phi) is 3.46. The number of rotatable bonds is 3. The van der Waals surface area contributed by atoms with Gasteiger partial charge in [0.15, 0.2) is 0 Å². The van der Waals surface area contributed by atoms with Gasteiger partial charge in [0.25, 0.3) is 0 Å². The van der Waals surface area contributed by atoms with Gasteiger partial charge in [-0.15, -0.1) is 34.3 Å². The predicted octanol–water partition coefficient (Wildman–Crippen LogP) is 5.28. The van der Waals surface area contributed by atoms with Gasteiger partial charge in [0.1, 0.15) is 5.01 Å². The maximum Gasteiger partial charge on any atom is 0.134 e. The zero-order valence-electron chi connectivity index (χ0n) is 9.47. The van der Waals surface area contributed by atoms with Gasteiger partial charge < -0.3 is 0 Å². The van der Waals surface area contributed by atoms with Crippen LogP contribution in [0.2, 0.25) is 0 Å². The van der Waals surface area contributed by atoms with E-state index in [0.29, 0.717) is 5.88 Å². The molecule has 1 aromatic carbocycles. The first-order chi connectivity index (χ1) is 8.88. The fourth-order valence-electron chi connectivity index (χ4n) is 1.77. The Hall–Kier alpha value is -1.16. The Morgan fingerprint density at radius 2 is 1.89 bits per heavy atom. The van der Waals surface area contributed by atoms with E-state index >= 15 is 0 Å². The number of aromatic nitrogens is 1. The highest BCUT2D eigenvalue weighted by Gasteiger charge is 2.13. The molecule has 0 spiro atoms. The molecular weight excluding hydrogens is 282 g/mol. The topological polar surface area (TPSA) is 12.9 Å². The normalized spacial score (nSPS) is 10.7. The van der Waals surface area contributed by atoms with Crippen LogP contribution in [-0.4, -0.2) is 4.98 Å². The van der Waals surface area contributed by atoms with Crippen LogP contribution >= 0.6 is 34.3 Å². The van der Waals surface area contributed by atoms with Gasteiger partial charge in [0.2, 0.25) is 0 Å². The first-order valence-corrected chi connectivity index (χ1v) is 7.76. The molecule has 0 N–H and O–H groups in total. The molecule has 0 aliphatic carbocycles. The van der Waals surface area contributed by atoms with Crippen LogP contribution in [0.5, 0.6) is 0 Å². The molecule has 0 aliphatic heterocycles. The van der Waals surface area contributed by atoms with Crippen LogP contribution in [0.3, 0.4) is 0 Å². The molecule has 0 unspecified atom stereocenters. The molecule has 2 heterocycles. The molecule has 0 amide bonds. The minimum absolute atomic E-state index is 0.507. The molecule has 4 heteroatoms. The number of alkyl halides is 1. The zero-order chi connectivity index (χ0) is 12.4. The number of halogens is 1. The van der Waals surface area contributed by atoms with Gasteiger partial charge in [0.05, 0.1) is 16.5 Å². The van der Waals surface area contributed by atoms with Crippen molar-refractivity contribution in [3.63, 3.8) is 0 Å². The predicted molar refractivity (Wildman–Crippen MR) is 80.4 cm³/mol. The zero-order valence-corrected chi connectivity index (χ0v) is 11.9. The van der Waals surface area contributed by atoms with Crippen LogP contribution in [0.1, 0.15) is 4.88 Å². The summed E-state index contributed by atoms with van der Waals surface area (Å²) in [5, 5.41) is 3.12. The van der Waals surface area contributed by atoms with Crippen molar-refractivity contribution in [3.8, 4) is 21.1 Å². The number of nitrogens with zero attached hydrogens (tertiary/aromatic N) is 1. The number of benzene rings is 1. The summed E-state index contributed by atoms with van der Waals surface area (Å²) in [5.74, 6) is 0.507. The number of thiophene rings is 1. The molecule has 0 fully saturated rings. The monoisotopic (exact) mass is 291 g/mol. The minimum atomic E-state index is 0.507. The third kappa shape index (κ3) is 2.21. The first kappa shape index (κ1) is 11.9. The van der Waals surface area contributed by atoms with E-state index in [1.54, 1.807) is 22.7 Å². The van der Waals surface area contributed by atoms with E-state index in [-0.39, 0.29) is 0 Å². The number of thiazole rings is 1. The van der Waals surface area contributed by atoms with E-state index in [4.69, 9.17) is 16.6 Å². The molecule has 3 aromatic rings. The second-order valence-electron chi connectivity index (χ2n) is 3.77. The van der Waals surface area contributed by atoms with E-state index in [1.165, 1.54) is 4.88 Å². The van der Waals surface area contributed by atoms with Gasteiger partial charge in [-0.3, -0.25) is 0 Å². The smallest absolute Gasteiger partial charge is 0.134 e. The molecule has 0 saturated heterocycles.